The quantitative estimate of drug-likeness (QED) is 0.431. The smallest absolute Gasteiger partial charge is 0.267 e. The first-order valence-electron chi connectivity index (χ1n) is 8.32. The van der Waals surface area contributed by atoms with Gasteiger partial charge in [-0.25, -0.2) is 9.97 Å². The van der Waals surface area contributed by atoms with Crippen LogP contribution in [0, 0.1) is 6.92 Å². The average molecular weight is 429 g/mol. The predicted octanol–water partition coefficient (Wildman–Crippen LogP) is 5.81. The van der Waals surface area contributed by atoms with Crippen LogP contribution in [-0.4, -0.2) is 15.9 Å². The molecule has 0 aliphatic carbocycles. The molecule has 0 saturated heterocycles. The van der Waals surface area contributed by atoms with E-state index in [1.54, 1.807) is 30.3 Å². The number of nitrogen functional groups attached to an aromatic ring is 1. The van der Waals surface area contributed by atoms with Crippen molar-refractivity contribution in [2.45, 2.75) is 6.92 Å². The SMILES string of the molecule is Cc1nc(-c2ccccc2Cl)nc2sc(C(=O)Nc3ccc(Cl)cc3)c(N)c12. The van der Waals surface area contributed by atoms with Gasteiger partial charge in [0.15, 0.2) is 5.82 Å². The molecule has 0 spiro atoms. The molecule has 2 aromatic heterocycles. The Labute approximate surface area is 175 Å². The second kappa shape index (κ2) is 7.39. The van der Waals surface area contributed by atoms with Crippen LogP contribution >= 0.6 is 34.5 Å². The minimum Gasteiger partial charge on any atom is -0.397 e. The molecular weight excluding hydrogens is 415 g/mol. The average Bonchev–Trinajstić information content (AvgIpc) is 3.01. The molecule has 0 aliphatic heterocycles. The zero-order chi connectivity index (χ0) is 19.8. The van der Waals surface area contributed by atoms with E-state index in [1.807, 2.05) is 25.1 Å². The van der Waals surface area contributed by atoms with E-state index in [2.05, 4.69) is 15.3 Å². The number of aromatic nitrogens is 2. The van der Waals surface area contributed by atoms with Crippen molar-refractivity contribution in [1.82, 2.24) is 9.97 Å². The lowest BCUT2D eigenvalue weighted by Crippen LogP contribution is -2.11. The molecule has 4 rings (SSSR count). The van der Waals surface area contributed by atoms with E-state index < -0.39 is 0 Å². The lowest BCUT2D eigenvalue weighted by Gasteiger charge is -2.05. The molecule has 2 heterocycles. The number of halogens is 2. The first-order chi connectivity index (χ1) is 13.4. The van der Waals surface area contributed by atoms with Crippen LogP contribution in [0.2, 0.25) is 10.0 Å². The summed E-state index contributed by atoms with van der Waals surface area (Å²) >= 11 is 13.4. The fourth-order valence-electron chi connectivity index (χ4n) is 2.85. The fraction of sp³-hybridized carbons (Fsp3) is 0.0500. The topological polar surface area (TPSA) is 80.9 Å². The van der Waals surface area contributed by atoms with Crippen LogP contribution in [0.4, 0.5) is 11.4 Å². The van der Waals surface area contributed by atoms with Gasteiger partial charge in [0, 0.05) is 16.3 Å². The Morgan fingerprint density at radius 1 is 1.07 bits per heavy atom. The second-order valence-corrected chi connectivity index (χ2v) is 7.94. The summed E-state index contributed by atoms with van der Waals surface area (Å²) in [6, 6.07) is 14.2. The van der Waals surface area contributed by atoms with E-state index >= 15 is 0 Å². The number of hydrogen-bond acceptors (Lipinski definition) is 5. The van der Waals surface area contributed by atoms with Gasteiger partial charge in [0.25, 0.3) is 5.91 Å². The van der Waals surface area contributed by atoms with Gasteiger partial charge in [-0.3, -0.25) is 4.79 Å². The predicted molar refractivity (Wildman–Crippen MR) is 116 cm³/mol. The highest BCUT2D eigenvalue weighted by atomic mass is 35.5. The van der Waals surface area contributed by atoms with Crippen molar-refractivity contribution < 1.29 is 4.79 Å². The number of aryl methyl sites for hydroxylation is 1. The third-order valence-corrected chi connectivity index (χ3v) is 5.87. The molecule has 0 fully saturated rings. The molecule has 0 atom stereocenters. The lowest BCUT2D eigenvalue weighted by molar-refractivity contribution is 0.103. The van der Waals surface area contributed by atoms with Crippen molar-refractivity contribution >= 4 is 62.0 Å². The highest BCUT2D eigenvalue weighted by Gasteiger charge is 2.21. The maximum Gasteiger partial charge on any atom is 0.267 e. The van der Waals surface area contributed by atoms with E-state index in [0.717, 1.165) is 5.56 Å². The summed E-state index contributed by atoms with van der Waals surface area (Å²) in [4.78, 5) is 22.9. The second-order valence-electron chi connectivity index (χ2n) is 6.10. The van der Waals surface area contributed by atoms with Crippen LogP contribution in [0.5, 0.6) is 0 Å². The molecule has 0 bridgehead atoms. The minimum atomic E-state index is -0.304. The van der Waals surface area contributed by atoms with Crippen LogP contribution in [-0.2, 0) is 0 Å². The number of thiophene rings is 1. The van der Waals surface area contributed by atoms with Gasteiger partial charge in [0.1, 0.15) is 9.71 Å². The minimum absolute atomic E-state index is 0.304. The summed E-state index contributed by atoms with van der Waals surface area (Å²) in [5, 5.41) is 4.66. The zero-order valence-corrected chi connectivity index (χ0v) is 17.0. The van der Waals surface area contributed by atoms with Crippen LogP contribution in [0.1, 0.15) is 15.4 Å². The van der Waals surface area contributed by atoms with E-state index in [9.17, 15) is 4.79 Å². The van der Waals surface area contributed by atoms with E-state index in [-0.39, 0.29) is 5.91 Å². The molecule has 140 valence electrons. The molecule has 0 radical (unpaired) electrons. The summed E-state index contributed by atoms with van der Waals surface area (Å²) in [6.07, 6.45) is 0. The molecular formula is C20H14Cl2N4OS. The van der Waals surface area contributed by atoms with E-state index in [0.29, 0.717) is 48.0 Å². The molecule has 0 unspecified atom stereocenters. The summed E-state index contributed by atoms with van der Waals surface area (Å²) in [5.41, 5.74) is 8.68. The van der Waals surface area contributed by atoms with E-state index in [1.165, 1.54) is 11.3 Å². The number of nitrogens with one attached hydrogen (secondary N) is 1. The molecule has 4 aromatic rings. The van der Waals surface area contributed by atoms with Crippen molar-refractivity contribution in [3.8, 4) is 11.4 Å². The van der Waals surface area contributed by atoms with Gasteiger partial charge in [-0.05, 0) is 43.3 Å². The number of nitrogens with two attached hydrogens (primary N) is 1. The van der Waals surface area contributed by atoms with Gasteiger partial charge in [0.05, 0.1) is 21.8 Å². The maximum atomic E-state index is 12.7. The Morgan fingerprint density at radius 2 is 1.79 bits per heavy atom. The molecule has 5 nitrogen and oxygen atoms in total. The Hall–Kier alpha value is -2.67. The number of rotatable bonds is 3. The van der Waals surface area contributed by atoms with Crippen molar-refractivity contribution in [3.05, 3.63) is 69.1 Å². The Balaban J connectivity index is 1.75. The van der Waals surface area contributed by atoms with Crippen LogP contribution in [0.3, 0.4) is 0 Å². The van der Waals surface area contributed by atoms with Crippen LogP contribution in [0.25, 0.3) is 21.6 Å². The maximum absolute atomic E-state index is 12.7. The first kappa shape index (κ1) is 18.7. The van der Waals surface area contributed by atoms with Crippen molar-refractivity contribution in [2.24, 2.45) is 0 Å². The molecule has 0 saturated carbocycles. The summed E-state index contributed by atoms with van der Waals surface area (Å²) < 4.78 is 0. The lowest BCUT2D eigenvalue weighted by atomic mass is 10.2. The molecule has 8 heteroatoms. The number of anilines is 2. The number of nitrogens with zero attached hydrogens (tertiary/aromatic N) is 2. The molecule has 2 aromatic carbocycles. The van der Waals surface area contributed by atoms with Gasteiger partial charge < -0.3 is 11.1 Å². The molecule has 1 amide bonds. The Morgan fingerprint density at radius 3 is 2.50 bits per heavy atom. The largest absolute Gasteiger partial charge is 0.397 e. The van der Waals surface area contributed by atoms with Crippen LogP contribution in [0.15, 0.2) is 48.5 Å². The van der Waals surface area contributed by atoms with E-state index in [4.69, 9.17) is 28.9 Å². The van der Waals surface area contributed by atoms with Gasteiger partial charge in [0.2, 0.25) is 0 Å². The normalized spacial score (nSPS) is 11.0. The van der Waals surface area contributed by atoms with Crippen molar-refractivity contribution in [1.29, 1.82) is 0 Å². The third kappa shape index (κ3) is 3.42. The molecule has 3 N–H and O–H groups in total. The molecule has 0 aliphatic rings. The first-order valence-corrected chi connectivity index (χ1v) is 9.89. The Bertz CT molecular complexity index is 1210. The monoisotopic (exact) mass is 428 g/mol. The number of carbonyl (C=O) groups excluding carboxylic acids is 1. The highest BCUT2D eigenvalue weighted by molar-refractivity contribution is 7.21. The standard InChI is InChI=1S/C20H14Cl2N4OS/c1-10-15-16(23)17(19(27)25-12-8-6-11(21)7-9-12)28-20(15)26-18(24-10)13-4-2-3-5-14(13)22/h2-9H,23H2,1H3,(H,25,27). The summed E-state index contributed by atoms with van der Waals surface area (Å²) in [5.74, 6) is 0.197. The molecule has 28 heavy (non-hydrogen) atoms. The number of carbonyl (C=O) groups is 1. The summed E-state index contributed by atoms with van der Waals surface area (Å²) in [6.45, 7) is 1.84. The van der Waals surface area contributed by atoms with Gasteiger partial charge in [-0.1, -0.05) is 35.3 Å². The fourth-order valence-corrected chi connectivity index (χ4v) is 4.24. The number of benzene rings is 2. The van der Waals surface area contributed by atoms with Crippen molar-refractivity contribution in [2.75, 3.05) is 11.1 Å². The van der Waals surface area contributed by atoms with Crippen molar-refractivity contribution in [3.63, 3.8) is 0 Å². The number of fused-ring (bicyclic) bond motifs is 1. The Kier molecular flexibility index (Phi) is 4.93. The van der Waals surface area contributed by atoms with Gasteiger partial charge in [-0.2, -0.15) is 0 Å². The van der Waals surface area contributed by atoms with Gasteiger partial charge in [-0.15, -0.1) is 11.3 Å². The zero-order valence-electron chi connectivity index (χ0n) is 14.7. The van der Waals surface area contributed by atoms with Gasteiger partial charge >= 0.3 is 0 Å². The highest BCUT2D eigenvalue weighted by Crippen LogP contribution is 2.36. The number of amides is 1. The number of hydrogen-bond donors (Lipinski definition) is 2. The summed E-state index contributed by atoms with van der Waals surface area (Å²) in [7, 11) is 0. The van der Waals surface area contributed by atoms with Crippen LogP contribution < -0.4 is 11.1 Å². The third-order valence-electron chi connectivity index (χ3n) is 4.19.